The molecule has 4 nitrogen and oxygen atoms in total. The molecule has 0 saturated carbocycles. The van der Waals surface area contributed by atoms with Crippen molar-refractivity contribution >= 4 is 17.4 Å². The molecule has 1 aromatic rings. The quantitative estimate of drug-likeness (QED) is 0.797. The van der Waals surface area contributed by atoms with Gasteiger partial charge in [-0.25, -0.2) is 4.98 Å². The van der Waals surface area contributed by atoms with Gasteiger partial charge in [-0.3, -0.25) is 0 Å². The molecule has 0 spiro atoms. The number of nitrogens with zero attached hydrogens (tertiary/aromatic N) is 2. The molecule has 0 aromatic carbocycles. The fourth-order valence-electron chi connectivity index (χ4n) is 1.61. The average Bonchev–Trinajstić information content (AvgIpc) is 2.37. The van der Waals surface area contributed by atoms with Crippen LogP contribution in [0, 0.1) is 0 Å². The summed E-state index contributed by atoms with van der Waals surface area (Å²) in [5.41, 5.74) is 1.07. The summed E-state index contributed by atoms with van der Waals surface area (Å²) < 4.78 is 5.54. The Bertz CT molecular complexity index is 385. The summed E-state index contributed by atoms with van der Waals surface area (Å²) in [5.74, 6) is 0.921. The van der Waals surface area contributed by atoms with Gasteiger partial charge >= 0.3 is 0 Å². The Balaban J connectivity index is 2.61. The van der Waals surface area contributed by atoms with Crippen molar-refractivity contribution in [3.8, 4) is 0 Å². The minimum atomic E-state index is 0.260. The number of hydrogen-bond acceptors (Lipinski definition) is 4. The summed E-state index contributed by atoms with van der Waals surface area (Å²) in [6.07, 6.45) is 1.97. The van der Waals surface area contributed by atoms with Crippen molar-refractivity contribution in [3.63, 3.8) is 0 Å². The maximum atomic E-state index is 6.14. The van der Waals surface area contributed by atoms with Crippen molar-refractivity contribution in [1.82, 2.24) is 10.3 Å². The summed E-state index contributed by atoms with van der Waals surface area (Å²) in [4.78, 5) is 6.43. The summed E-state index contributed by atoms with van der Waals surface area (Å²) in [7, 11) is 2.01. The molecule has 5 heteroatoms. The molecule has 1 heterocycles. The topological polar surface area (TPSA) is 37.4 Å². The van der Waals surface area contributed by atoms with Gasteiger partial charge in [-0.15, -0.1) is 0 Å². The highest BCUT2D eigenvalue weighted by molar-refractivity contribution is 6.31. The van der Waals surface area contributed by atoms with E-state index in [4.69, 9.17) is 16.3 Å². The molecule has 0 bridgehead atoms. The molecule has 0 aliphatic rings. The Hall–Kier alpha value is -0.840. The summed E-state index contributed by atoms with van der Waals surface area (Å²) >= 11 is 6.14. The van der Waals surface area contributed by atoms with E-state index < -0.39 is 0 Å². The molecule has 0 saturated heterocycles. The molecule has 0 atom stereocenters. The lowest BCUT2D eigenvalue weighted by Crippen LogP contribution is -2.25. The van der Waals surface area contributed by atoms with Crippen LogP contribution in [0.15, 0.2) is 12.3 Å². The monoisotopic (exact) mass is 285 g/mol. The first kappa shape index (κ1) is 16.2. The zero-order chi connectivity index (χ0) is 14.3. The first-order valence-electron chi connectivity index (χ1n) is 6.72. The molecule has 0 aliphatic carbocycles. The largest absolute Gasteiger partial charge is 0.377 e. The number of ether oxygens (including phenoxy) is 1. The molecular weight excluding hydrogens is 262 g/mol. The lowest BCUT2D eigenvalue weighted by molar-refractivity contribution is 0.0845. The van der Waals surface area contributed by atoms with Gasteiger partial charge in [0.25, 0.3) is 0 Å². The second kappa shape index (κ2) is 8.35. The lowest BCUT2D eigenvalue weighted by atomic mass is 10.2. The van der Waals surface area contributed by atoms with Crippen LogP contribution in [0.1, 0.15) is 26.3 Å². The second-order valence-electron chi connectivity index (χ2n) is 4.76. The van der Waals surface area contributed by atoms with Gasteiger partial charge in [-0.1, -0.05) is 18.5 Å². The highest BCUT2D eigenvalue weighted by Gasteiger charge is 2.07. The minimum absolute atomic E-state index is 0.260. The van der Waals surface area contributed by atoms with Crippen LogP contribution < -0.4 is 10.2 Å². The highest BCUT2D eigenvalue weighted by atomic mass is 35.5. The van der Waals surface area contributed by atoms with E-state index >= 15 is 0 Å². The molecular formula is C14H24ClN3O. The Labute approximate surface area is 121 Å². The third kappa shape index (κ3) is 5.76. The molecule has 0 fully saturated rings. The van der Waals surface area contributed by atoms with Crippen LogP contribution >= 0.6 is 11.6 Å². The zero-order valence-electron chi connectivity index (χ0n) is 12.2. The van der Waals surface area contributed by atoms with E-state index in [1.54, 1.807) is 6.20 Å². The number of anilines is 1. The van der Waals surface area contributed by atoms with Crippen molar-refractivity contribution in [2.24, 2.45) is 0 Å². The zero-order valence-corrected chi connectivity index (χ0v) is 13.0. The van der Waals surface area contributed by atoms with E-state index in [-0.39, 0.29) is 6.10 Å². The molecule has 1 aromatic heterocycles. The molecule has 0 unspecified atom stereocenters. The maximum Gasteiger partial charge on any atom is 0.128 e. The minimum Gasteiger partial charge on any atom is -0.377 e. The van der Waals surface area contributed by atoms with Gasteiger partial charge in [0.2, 0.25) is 0 Å². The van der Waals surface area contributed by atoms with Gasteiger partial charge in [0, 0.05) is 26.3 Å². The maximum absolute atomic E-state index is 6.14. The van der Waals surface area contributed by atoms with Crippen LogP contribution in [0.4, 0.5) is 5.82 Å². The van der Waals surface area contributed by atoms with Crippen LogP contribution in [-0.2, 0) is 11.3 Å². The van der Waals surface area contributed by atoms with E-state index in [9.17, 15) is 0 Å². The van der Waals surface area contributed by atoms with Crippen LogP contribution in [-0.4, -0.2) is 37.8 Å². The first-order valence-corrected chi connectivity index (χ1v) is 7.10. The van der Waals surface area contributed by atoms with Gasteiger partial charge in [-0.05, 0) is 32.0 Å². The Morgan fingerprint density at radius 3 is 2.84 bits per heavy atom. The predicted octanol–water partition coefficient (Wildman–Crippen LogP) is 2.71. The molecule has 1 N–H and O–H groups in total. The molecule has 19 heavy (non-hydrogen) atoms. The molecule has 0 aliphatic heterocycles. The number of likely N-dealkylation sites (N-methyl/N-ethyl adjacent to an activating group) is 1. The Kier molecular flexibility index (Phi) is 7.13. The fraction of sp³-hybridized carbons (Fsp3) is 0.643. The van der Waals surface area contributed by atoms with E-state index in [0.29, 0.717) is 11.6 Å². The molecule has 0 radical (unpaired) electrons. The van der Waals surface area contributed by atoms with Crippen molar-refractivity contribution in [2.75, 3.05) is 31.6 Å². The first-order chi connectivity index (χ1) is 9.04. The lowest BCUT2D eigenvalue weighted by Gasteiger charge is -2.20. The van der Waals surface area contributed by atoms with E-state index in [1.165, 1.54) is 0 Å². The van der Waals surface area contributed by atoms with Crippen LogP contribution in [0.2, 0.25) is 5.02 Å². The van der Waals surface area contributed by atoms with Crippen molar-refractivity contribution in [2.45, 2.75) is 33.4 Å². The molecule has 1 rings (SSSR count). The second-order valence-corrected chi connectivity index (χ2v) is 5.16. The van der Waals surface area contributed by atoms with Crippen molar-refractivity contribution in [1.29, 1.82) is 0 Å². The molecule has 0 amide bonds. The van der Waals surface area contributed by atoms with E-state index in [0.717, 1.165) is 31.0 Å². The number of aromatic nitrogens is 1. The third-order valence-corrected chi connectivity index (χ3v) is 3.10. The summed E-state index contributed by atoms with van der Waals surface area (Å²) in [6.45, 7) is 9.34. The highest BCUT2D eigenvalue weighted by Crippen LogP contribution is 2.19. The Morgan fingerprint density at radius 1 is 1.47 bits per heavy atom. The van der Waals surface area contributed by atoms with Crippen LogP contribution in [0.3, 0.4) is 0 Å². The van der Waals surface area contributed by atoms with Gasteiger partial charge < -0.3 is 15.0 Å². The normalized spacial score (nSPS) is 11.1. The number of rotatable bonds is 8. The number of halogens is 1. The van der Waals surface area contributed by atoms with Crippen molar-refractivity contribution in [3.05, 3.63) is 22.8 Å². The van der Waals surface area contributed by atoms with Gasteiger partial charge in [0.05, 0.1) is 17.7 Å². The third-order valence-electron chi connectivity index (χ3n) is 2.75. The SMILES string of the molecule is CCNCc1cc(N(C)CCOC(C)C)ncc1Cl. The van der Waals surface area contributed by atoms with E-state index in [2.05, 4.69) is 22.1 Å². The van der Waals surface area contributed by atoms with Gasteiger partial charge in [-0.2, -0.15) is 0 Å². The number of hydrogen-bond donors (Lipinski definition) is 1. The van der Waals surface area contributed by atoms with Crippen LogP contribution in [0.5, 0.6) is 0 Å². The predicted molar refractivity (Wildman–Crippen MR) is 81.0 cm³/mol. The number of pyridine rings is 1. The fourth-order valence-corrected chi connectivity index (χ4v) is 1.78. The van der Waals surface area contributed by atoms with E-state index in [1.807, 2.05) is 27.0 Å². The van der Waals surface area contributed by atoms with Crippen molar-refractivity contribution < 1.29 is 4.74 Å². The summed E-state index contributed by atoms with van der Waals surface area (Å²) in [5, 5.41) is 3.98. The smallest absolute Gasteiger partial charge is 0.128 e. The number of nitrogens with one attached hydrogen (secondary N) is 1. The molecule has 108 valence electrons. The standard InChI is InChI=1S/C14H24ClN3O/c1-5-16-9-12-8-14(17-10-13(12)15)18(4)6-7-19-11(2)3/h8,10-11,16H,5-7,9H2,1-4H3. The summed E-state index contributed by atoms with van der Waals surface area (Å²) in [6, 6.07) is 2.03. The van der Waals surface area contributed by atoms with Crippen LogP contribution in [0.25, 0.3) is 0 Å². The Morgan fingerprint density at radius 2 is 2.21 bits per heavy atom. The average molecular weight is 286 g/mol. The van der Waals surface area contributed by atoms with Gasteiger partial charge in [0.1, 0.15) is 5.82 Å². The van der Waals surface area contributed by atoms with Gasteiger partial charge in [0.15, 0.2) is 0 Å².